The third-order valence-corrected chi connectivity index (χ3v) is 3.26. The molecule has 0 atom stereocenters. The van der Waals surface area contributed by atoms with Crippen LogP contribution in [-0.2, 0) is 9.59 Å². The van der Waals surface area contributed by atoms with Gasteiger partial charge >= 0.3 is 5.97 Å². The highest BCUT2D eigenvalue weighted by molar-refractivity contribution is 6.31. The Balaban J connectivity index is 1.89. The minimum Gasteiger partial charge on any atom is -0.478 e. The van der Waals surface area contributed by atoms with Crippen molar-refractivity contribution >= 4 is 29.5 Å². The first-order valence-electron chi connectivity index (χ1n) is 6.67. The number of benzene rings is 1. The van der Waals surface area contributed by atoms with Crippen LogP contribution in [0.2, 0.25) is 0 Å². The van der Waals surface area contributed by atoms with E-state index in [1.54, 1.807) is 18.3 Å². The number of amides is 2. The molecule has 2 heterocycles. The SMILES string of the molecule is O=C1NN(c2ccc(C(=O)O)cc2)C(=O)C1=Cc1cccnc1. The Morgan fingerprint density at radius 2 is 1.91 bits per heavy atom. The van der Waals surface area contributed by atoms with Crippen molar-refractivity contribution in [2.24, 2.45) is 0 Å². The number of aromatic nitrogens is 1. The van der Waals surface area contributed by atoms with Crippen molar-refractivity contribution in [3.63, 3.8) is 0 Å². The zero-order valence-electron chi connectivity index (χ0n) is 11.8. The largest absolute Gasteiger partial charge is 0.478 e. The Morgan fingerprint density at radius 3 is 2.52 bits per heavy atom. The lowest BCUT2D eigenvalue weighted by atomic mass is 10.1. The van der Waals surface area contributed by atoms with E-state index >= 15 is 0 Å². The van der Waals surface area contributed by atoms with Crippen LogP contribution in [0, 0.1) is 0 Å². The van der Waals surface area contributed by atoms with Crippen LogP contribution in [0.25, 0.3) is 6.08 Å². The Bertz CT molecular complexity index is 813. The predicted octanol–water partition coefficient (Wildman–Crippen LogP) is 1.24. The molecule has 1 fully saturated rings. The second-order valence-corrected chi connectivity index (χ2v) is 4.78. The normalized spacial score (nSPS) is 15.8. The van der Waals surface area contributed by atoms with Crippen molar-refractivity contribution in [1.29, 1.82) is 0 Å². The number of hydrazine groups is 1. The fraction of sp³-hybridized carbons (Fsp3) is 0. The molecule has 2 N–H and O–H groups in total. The van der Waals surface area contributed by atoms with Gasteiger partial charge in [0.15, 0.2) is 0 Å². The average Bonchev–Trinajstić information content (AvgIpc) is 2.84. The first kappa shape index (κ1) is 14.5. The zero-order valence-corrected chi connectivity index (χ0v) is 11.8. The molecular formula is C16H11N3O4. The van der Waals surface area contributed by atoms with E-state index in [1.165, 1.54) is 36.5 Å². The van der Waals surface area contributed by atoms with Gasteiger partial charge in [0.1, 0.15) is 5.57 Å². The third kappa shape index (κ3) is 2.80. The molecule has 0 bridgehead atoms. The van der Waals surface area contributed by atoms with Crippen molar-refractivity contribution in [2.45, 2.75) is 0 Å². The number of carboxylic acids is 1. The maximum atomic E-state index is 12.4. The van der Waals surface area contributed by atoms with Gasteiger partial charge in [-0.1, -0.05) is 6.07 Å². The van der Waals surface area contributed by atoms with Gasteiger partial charge in [0.25, 0.3) is 11.8 Å². The number of hydrogen-bond donors (Lipinski definition) is 2. The van der Waals surface area contributed by atoms with Gasteiger partial charge in [-0.3, -0.25) is 20.0 Å². The Hall–Kier alpha value is -3.48. The van der Waals surface area contributed by atoms with E-state index in [0.29, 0.717) is 11.3 Å². The Morgan fingerprint density at radius 1 is 1.17 bits per heavy atom. The summed E-state index contributed by atoms with van der Waals surface area (Å²) in [5, 5.41) is 9.96. The van der Waals surface area contributed by atoms with Crippen LogP contribution < -0.4 is 10.4 Å². The summed E-state index contributed by atoms with van der Waals surface area (Å²) in [4.78, 5) is 39.1. The van der Waals surface area contributed by atoms with Gasteiger partial charge in [-0.25, -0.2) is 9.80 Å². The van der Waals surface area contributed by atoms with E-state index in [0.717, 1.165) is 5.01 Å². The fourth-order valence-electron chi connectivity index (χ4n) is 2.12. The highest BCUT2D eigenvalue weighted by Gasteiger charge is 2.34. The highest BCUT2D eigenvalue weighted by Crippen LogP contribution is 2.21. The lowest BCUT2D eigenvalue weighted by Crippen LogP contribution is -2.35. The van der Waals surface area contributed by atoms with Crippen LogP contribution in [-0.4, -0.2) is 27.9 Å². The molecule has 1 aliphatic rings. The minimum absolute atomic E-state index is 0.0136. The van der Waals surface area contributed by atoms with Crippen LogP contribution in [0.3, 0.4) is 0 Å². The second kappa shape index (κ2) is 5.72. The molecule has 23 heavy (non-hydrogen) atoms. The van der Waals surface area contributed by atoms with Crippen LogP contribution in [0.4, 0.5) is 5.69 Å². The summed E-state index contributed by atoms with van der Waals surface area (Å²) in [5.74, 6) is -2.10. The number of carbonyl (C=O) groups excluding carboxylic acids is 2. The molecule has 1 aliphatic heterocycles. The van der Waals surface area contributed by atoms with Crippen LogP contribution in [0.5, 0.6) is 0 Å². The number of carboxylic acid groups (broad SMARTS) is 1. The van der Waals surface area contributed by atoms with Crippen molar-refractivity contribution in [2.75, 3.05) is 5.01 Å². The minimum atomic E-state index is -1.06. The van der Waals surface area contributed by atoms with Crippen LogP contribution in [0.15, 0.2) is 54.4 Å². The van der Waals surface area contributed by atoms with Gasteiger partial charge < -0.3 is 5.11 Å². The first-order chi connectivity index (χ1) is 11.1. The number of pyridine rings is 1. The van der Waals surface area contributed by atoms with Gasteiger partial charge in [-0.15, -0.1) is 0 Å². The summed E-state index contributed by atoms with van der Waals surface area (Å²) in [6, 6.07) is 9.06. The number of anilines is 1. The average molecular weight is 309 g/mol. The van der Waals surface area contributed by atoms with Crippen molar-refractivity contribution in [1.82, 2.24) is 10.4 Å². The van der Waals surface area contributed by atoms with Crippen molar-refractivity contribution in [3.8, 4) is 0 Å². The number of hydrogen-bond acceptors (Lipinski definition) is 4. The van der Waals surface area contributed by atoms with E-state index in [9.17, 15) is 14.4 Å². The summed E-state index contributed by atoms with van der Waals surface area (Å²) < 4.78 is 0. The number of nitrogens with one attached hydrogen (secondary N) is 1. The summed E-state index contributed by atoms with van der Waals surface area (Å²) in [6.07, 6.45) is 4.59. The molecule has 0 spiro atoms. The molecule has 1 aromatic carbocycles. The third-order valence-electron chi connectivity index (χ3n) is 3.26. The molecule has 2 amide bonds. The molecule has 2 aromatic rings. The maximum Gasteiger partial charge on any atom is 0.335 e. The molecular weight excluding hydrogens is 298 g/mol. The van der Waals surface area contributed by atoms with E-state index < -0.39 is 17.8 Å². The number of nitrogens with zero attached hydrogens (tertiary/aromatic N) is 2. The van der Waals surface area contributed by atoms with E-state index in [4.69, 9.17) is 5.11 Å². The van der Waals surface area contributed by atoms with Gasteiger partial charge in [0, 0.05) is 12.4 Å². The predicted molar refractivity (Wildman–Crippen MR) is 81.2 cm³/mol. The second-order valence-electron chi connectivity index (χ2n) is 4.78. The van der Waals surface area contributed by atoms with Gasteiger partial charge in [-0.05, 0) is 42.0 Å². The molecule has 0 saturated carbocycles. The standard InChI is InChI=1S/C16H11N3O4/c20-14-13(8-10-2-1-7-17-9-10)15(21)19(18-14)12-5-3-11(4-6-12)16(22)23/h1-9H,(H,18,20)(H,22,23). The van der Waals surface area contributed by atoms with E-state index in [1.807, 2.05) is 0 Å². The maximum absolute atomic E-state index is 12.4. The van der Waals surface area contributed by atoms with Gasteiger partial charge in [0.05, 0.1) is 11.3 Å². The molecule has 7 heteroatoms. The quantitative estimate of drug-likeness (QED) is 0.656. The molecule has 3 rings (SSSR count). The summed E-state index contributed by atoms with van der Waals surface area (Å²) in [7, 11) is 0. The smallest absolute Gasteiger partial charge is 0.335 e. The summed E-state index contributed by atoms with van der Waals surface area (Å²) in [6.45, 7) is 0. The molecule has 1 aromatic heterocycles. The van der Waals surface area contributed by atoms with E-state index in [-0.39, 0.29) is 11.1 Å². The number of aromatic carboxylic acids is 1. The topological polar surface area (TPSA) is 99.6 Å². The lowest BCUT2D eigenvalue weighted by molar-refractivity contribution is -0.117. The number of rotatable bonds is 3. The van der Waals surface area contributed by atoms with Gasteiger partial charge in [-0.2, -0.15) is 0 Å². The molecule has 0 radical (unpaired) electrons. The van der Waals surface area contributed by atoms with Gasteiger partial charge in [0.2, 0.25) is 0 Å². The Kier molecular flexibility index (Phi) is 3.60. The Labute approximate surface area is 130 Å². The van der Waals surface area contributed by atoms with Crippen LogP contribution in [0.1, 0.15) is 15.9 Å². The summed E-state index contributed by atoms with van der Waals surface area (Å²) >= 11 is 0. The molecule has 7 nitrogen and oxygen atoms in total. The first-order valence-corrected chi connectivity index (χ1v) is 6.67. The fourth-order valence-corrected chi connectivity index (χ4v) is 2.12. The zero-order chi connectivity index (χ0) is 16.4. The van der Waals surface area contributed by atoms with Crippen molar-refractivity contribution in [3.05, 3.63) is 65.5 Å². The van der Waals surface area contributed by atoms with Crippen LogP contribution >= 0.6 is 0 Å². The number of carbonyl (C=O) groups is 3. The monoisotopic (exact) mass is 309 g/mol. The lowest BCUT2D eigenvalue weighted by Gasteiger charge is -2.14. The molecule has 1 saturated heterocycles. The summed E-state index contributed by atoms with van der Waals surface area (Å²) in [5.41, 5.74) is 3.54. The highest BCUT2D eigenvalue weighted by atomic mass is 16.4. The van der Waals surface area contributed by atoms with E-state index in [2.05, 4.69) is 10.4 Å². The molecule has 114 valence electrons. The molecule has 0 unspecified atom stereocenters. The molecule has 0 aliphatic carbocycles. The van der Waals surface area contributed by atoms with Crippen molar-refractivity contribution < 1.29 is 19.5 Å².